The van der Waals surface area contributed by atoms with Gasteiger partial charge in [-0.15, -0.1) is 0 Å². The van der Waals surface area contributed by atoms with Gasteiger partial charge in [-0.05, 0) is 30.3 Å². The number of nitrogens with zero attached hydrogens (tertiary/aromatic N) is 2. The minimum atomic E-state index is -0.411. The fourth-order valence-electron chi connectivity index (χ4n) is 2.30. The van der Waals surface area contributed by atoms with Gasteiger partial charge in [0.1, 0.15) is 11.6 Å². The Labute approximate surface area is 134 Å². The number of benzene rings is 2. The highest BCUT2D eigenvalue weighted by molar-refractivity contribution is 9.10. The second-order valence-corrected chi connectivity index (χ2v) is 5.71. The third-order valence-corrected chi connectivity index (χ3v) is 3.86. The number of hydrogen-bond donors (Lipinski definition) is 0. The van der Waals surface area contributed by atoms with E-state index in [-0.39, 0.29) is 5.56 Å². The molecule has 2 aromatic carbocycles. The van der Waals surface area contributed by atoms with Crippen molar-refractivity contribution in [3.05, 3.63) is 68.9 Å². The van der Waals surface area contributed by atoms with Gasteiger partial charge in [-0.25, -0.2) is 9.37 Å². The van der Waals surface area contributed by atoms with Crippen molar-refractivity contribution in [2.75, 3.05) is 7.11 Å². The summed E-state index contributed by atoms with van der Waals surface area (Å²) in [7, 11) is 1.58. The van der Waals surface area contributed by atoms with Gasteiger partial charge in [0, 0.05) is 16.1 Å². The van der Waals surface area contributed by atoms with E-state index in [0.29, 0.717) is 23.2 Å². The van der Waals surface area contributed by atoms with Gasteiger partial charge in [0.15, 0.2) is 0 Å². The van der Waals surface area contributed by atoms with E-state index < -0.39 is 5.82 Å². The number of halogens is 2. The van der Waals surface area contributed by atoms with Gasteiger partial charge in [0.05, 0.1) is 30.9 Å². The Morgan fingerprint density at radius 2 is 2.09 bits per heavy atom. The van der Waals surface area contributed by atoms with Crippen LogP contribution in [0.2, 0.25) is 0 Å². The summed E-state index contributed by atoms with van der Waals surface area (Å²) in [6.45, 7) is 0.321. The van der Waals surface area contributed by atoms with Gasteiger partial charge < -0.3 is 4.74 Å². The number of ether oxygens (including phenoxy) is 1. The van der Waals surface area contributed by atoms with Gasteiger partial charge in [0.25, 0.3) is 5.56 Å². The smallest absolute Gasteiger partial charge is 0.261 e. The molecule has 3 aromatic rings. The molecule has 0 amide bonds. The van der Waals surface area contributed by atoms with Gasteiger partial charge in [-0.3, -0.25) is 9.36 Å². The Morgan fingerprint density at radius 3 is 2.86 bits per heavy atom. The molecule has 1 aromatic heterocycles. The molecule has 1 heterocycles. The van der Waals surface area contributed by atoms with Gasteiger partial charge in [0.2, 0.25) is 0 Å². The van der Waals surface area contributed by atoms with Gasteiger partial charge in [-0.2, -0.15) is 0 Å². The lowest BCUT2D eigenvalue weighted by molar-refractivity contribution is 0.408. The minimum absolute atomic E-state index is 0.216. The molecule has 112 valence electrons. The summed E-state index contributed by atoms with van der Waals surface area (Å²) in [4.78, 5) is 16.6. The molecular weight excluding hydrogens is 351 g/mol. The molecule has 0 fully saturated rings. The molecule has 3 rings (SSSR count). The van der Waals surface area contributed by atoms with E-state index in [1.54, 1.807) is 7.11 Å². The third-order valence-electron chi connectivity index (χ3n) is 3.37. The van der Waals surface area contributed by atoms with Gasteiger partial charge in [-0.1, -0.05) is 15.9 Å². The van der Waals surface area contributed by atoms with E-state index >= 15 is 0 Å². The average molecular weight is 363 g/mol. The molecule has 4 nitrogen and oxygen atoms in total. The average Bonchev–Trinajstić information content (AvgIpc) is 2.50. The van der Waals surface area contributed by atoms with E-state index in [0.717, 1.165) is 10.0 Å². The van der Waals surface area contributed by atoms with E-state index in [1.807, 2.05) is 18.2 Å². The maximum absolute atomic E-state index is 13.2. The minimum Gasteiger partial charge on any atom is -0.496 e. The number of aromatic nitrogens is 2. The van der Waals surface area contributed by atoms with Crippen molar-refractivity contribution in [2.24, 2.45) is 0 Å². The lowest BCUT2D eigenvalue weighted by Crippen LogP contribution is -2.21. The molecule has 0 aliphatic carbocycles. The van der Waals surface area contributed by atoms with Crippen LogP contribution in [0, 0.1) is 5.82 Å². The zero-order chi connectivity index (χ0) is 15.7. The highest BCUT2D eigenvalue weighted by Crippen LogP contribution is 2.23. The Hall–Kier alpha value is -2.21. The number of fused-ring (bicyclic) bond motifs is 1. The Balaban J connectivity index is 2.08. The first-order valence-electron chi connectivity index (χ1n) is 6.55. The predicted octanol–water partition coefficient (Wildman–Crippen LogP) is 3.36. The molecule has 0 saturated heterocycles. The summed E-state index contributed by atoms with van der Waals surface area (Å²) < 4.78 is 20.9. The van der Waals surface area contributed by atoms with Crippen LogP contribution in [0.5, 0.6) is 5.75 Å². The molecule has 0 unspecified atom stereocenters. The van der Waals surface area contributed by atoms with E-state index in [1.165, 1.54) is 29.1 Å². The largest absolute Gasteiger partial charge is 0.496 e. The highest BCUT2D eigenvalue weighted by Gasteiger charge is 2.09. The number of hydrogen-bond acceptors (Lipinski definition) is 3. The van der Waals surface area contributed by atoms with Crippen LogP contribution in [0.3, 0.4) is 0 Å². The topological polar surface area (TPSA) is 44.1 Å². The molecule has 0 aliphatic heterocycles. The van der Waals surface area contributed by atoms with Crippen LogP contribution < -0.4 is 10.3 Å². The molecule has 0 bridgehead atoms. The summed E-state index contributed by atoms with van der Waals surface area (Å²) in [6, 6.07) is 9.55. The van der Waals surface area contributed by atoms with E-state index in [9.17, 15) is 9.18 Å². The second kappa shape index (κ2) is 5.88. The monoisotopic (exact) mass is 362 g/mol. The molecule has 6 heteroatoms. The van der Waals surface area contributed by atoms with Crippen molar-refractivity contribution in [3.8, 4) is 5.75 Å². The van der Waals surface area contributed by atoms with Crippen LogP contribution in [-0.2, 0) is 6.54 Å². The molecule has 0 saturated carbocycles. The van der Waals surface area contributed by atoms with Crippen LogP contribution >= 0.6 is 15.9 Å². The number of methoxy groups -OCH3 is 1. The van der Waals surface area contributed by atoms with Crippen molar-refractivity contribution in [1.29, 1.82) is 0 Å². The highest BCUT2D eigenvalue weighted by atomic mass is 79.9. The third kappa shape index (κ3) is 2.74. The van der Waals surface area contributed by atoms with E-state index in [4.69, 9.17) is 4.74 Å². The summed E-state index contributed by atoms with van der Waals surface area (Å²) in [5.41, 5.74) is 0.983. The van der Waals surface area contributed by atoms with Gasteiger partial charge >= 0.3 is 0 Å². The molecule has 0 radical (unpaired) electrons. The molecule has 0 spiro atoms. The Bertz CT molecular complexity index is 908. The van der Waals surface area contributed by atoms with Crippen molar-refractivity contribution < 1.29 is 9.13 Å². The van der Waals surface area contributed by atoms with Crippen LogP contribution in [0.15, 0.2) is 52.0 Å². The Kier molecular flexibility index (Phi) is 3.94. The lowest BCUT2D eigenvalue weighted by atomic mass is 10.2. The summed E-state index contributed by atoms with van der Waals surface area (Å²) in [6.07, 6.45) is 1.42. The van der Waals surface area contributed by atoms with Crippen LogP contribution in [-0.4, -0.2) is 16.7 Å². The fraction of sp³-hybridized carbons (Fsp3) is 0.125. The van der Waals surface area contributed by atoms with Crippen molar-refractivity contribution in [2.45, 2.75) is 6.54 Å². The SMILES string of the molecule is COc1ccc(Br)cc1Cn1cnc2cc(F)ccc2c1=O. The van der Waals surface area contributed by atoms with Crippen molar-refractivity contribution in [3.63, 3.8) is 0 Å². The molecule has 0 aliphatic rings. The predicted molar refractivity (Wildman–Crippen MR) is 85.8 cm³/mol. The van der Waals surface area contributed by atoms with Crippen LogP contribution in [0.4, 0.5) is 4.39 Å². The van der Waals surface area contributed by atoms with Crippen LogP contribution in [0.1, 0.15) is 5.56 Å². The zero-order valence-electron chi connectivity index (χ0n) is 11.7. The maximum atomic E-state index is 13.2. The Morgan fingerprint density at radius 1 is 1.27 bits per heavy atom. The summed E-state index contributed by atoms with van der Waals surface area (Å²) >= 11 is 3.40. The summed E-state index contributed by atoms with van der Waals surface area (Å²) in [5, 5.41) is 0.387. The molecular formula is C16H12BrFN2O2. The first-order valence-corrected chi connectivity index (χ1v) is 7.35. The normalized spacial score (nSPS) is 10.9. The van der Waals surface area contributed by atoms with Crippen molar-refractivity contribution in [1.82, 2.24) is 9.55 Å². The first kappa shape index (κ1) is 14.7. The molecule has 22 heavy (non-hydrogen) atoms. The summed E-state index contributed by atoms with van der Waals surface area (Å²) in [5.74, 6) is 0.278. The first-order chi connectivity index (χ1) is 10.6. The number of rotatable bonds is 3. The van der Waals surface area contributed by atoms with Crippen molar-refractivity contribution >= 4 is 26.8 Å². The standard InChI is InChI=1S/C16H12BrFN2O2/c1-22-15-5-2-11(17)6-10(15)8-20-9-19-14-7-12(18)3-4-13(14)16(20)21/h2-7,9H,8H2,1H3. The maximum Gasteiger partial charge on any atom is 0.261 e. The lowest BCUT2D eigenvalue weighted by Gasteiger charge is -2.11. The zero-order valence-corrected chi connectivity index (χ0v) is 13.3. The second-order valence-electron chi connectivity index (χ2n) is 4.80. The molecule has 0 atom stereocenters. The quantitative estimate of drug-likeness (QED) is 0.717. The van der Waals surface area contributed by atoms with Crippen LogP contribution in [0.25, 0.3) is 10.9 Å². The van der Waals surface area contributed by atoms with E-state index in [2.05, 4.69) is 20.9 Å². The molecule has 0 N–H and O–H groups in total. The fourth-order valence-corrected chi connectivity index (χ4v) is 2.71.